The zero-order chi connectivity index (χ0) is 12.3. The fourth-order valence-corrected chi connectivity index (χ4v) is 2.01. The summed E-state index contributed by atoms with van der Waals surface area (Å²) in [5.74, 6) is 0. The van der Waals surface area contributed by atoms with Gasteiger partial charge in [-0.1, -0.05) is 0 Å². The molecule has 0 atom stereocenters. The Hall–Kier alpha value is -1.73. The summed E-state index contributed by atoms with van der Waals surface area (Å²) < 4.78 is 0. The molecule has 0 saturated heterocycles. The number of fused-ring (bicyclic) bond motifs is 1. The molecule has 0 spiro atoms. The standard InChI is InChI=1S/C13H18N4/c1-16(2)7-8-17-6-5-15-12-4-3-11(10-14)9-13(12)17/h3-4,9,15H,5-8H2,1-2H3. The van der Waals surface area contributed by atoms with Gasteiger partial charge in [0.05, 0.1) is 23.0 Å². The monoisotopic (exact) mass is 230 g/mol. The van der Waals surface area contributed by atoms with Crippen molar-refractivity contribution in [2.24, 2.45) is 0 Å². The van der Waals surface area contributed by atoms with Gasteiger partial charge in [-0.15, -0.1) is 0 Å². The van der Waals surface area contributed by atoms with Crippen LogP contribution >= 0.6 is 0 Å². The number of nitrogens with zero attached hydrogens (tertiary/aromatic N) is 3. The van der Waals surface area contributed by atoms with Gasteiger partial charge in [0.25, 0.3) is 0 Å². The minimum atomic E-state index is 0.724. The molecule has 17 heavy (non-hydrogen) atoms. The summed E-state index contributed by atoms with van der Waals surface area (Å²) in [4.78, 5) is 4.52. The zero-order valence-electron chi connectivity index (χ0n) is 10.4. The van der Waals surface area contributed by atoms with E-state index in [-0.39, 0.29) is 0 Å². The third-order valence-corrected chi connectivity index (χ3v) is 2.98. The summed E-state index contributed by atoms with van der Waals surface area (Å²) in [6.45, 7) is 3.98. The highest BCUT2D eigenvalue weighted by molar-refractivity contribution is 5.73. The third kappa shape index (κ3) is 2.69. The molecular weight excluding hydrogens is 212 g/mol. The van der Waals surface area contributed by atoms with Crippen molar-refractivity contribution in [2.75, 3.05) is 50.5 Å². The molecule has 0 amide bonds. The van der Waals surface area contributed by atoms with Crippen LogP contribution in [0.25, 0.3) is 0 Å². The molecule has 1 N–H and O–H groups in total. The van der Waals surface area contributed by atoms with Gasteiger partial charge in [0.1, 0.15) is 0 Å². The Morgan fingerprint density at radius 2 is 2.29 bits per heavy atom. The summed E-state index contributed by atoms with van der Waals surface area (Å²) in [5, 5.41) is 12.3. The number of hydrogen-bond donors (Lipinski definition) is 1. The van der Waals surface area contributed by atoms with E-state index in [9.17, 15) is 0 Å². The van der Waals surface area contributed by atoms with Crippen LogP contribution in [0.4, 0.5) is 11.4 Å². The second-order valence-corrected chi connectivity index (χ2v) is 4.56. The number of hydrogen-bond acceptors (Lipinski definition) is 4. The van der Waals surface area contributed by atoms with Crippen LogP contribution in [-0.2, 0) is 0 Å². The predicted molar refractivity (Wildman–Crippen MR) is 70.4 cm³/mol. The quantitative estimate of drug-likeness (QED) is 0.851. The second kappa shape index (κ2) is 5.07. The van der Waals surface area contributed by atoms with E-state index in [2.05, 4.69) is 35.3 Å². The van der Waals surface area contributed by atoms with Gasteiger partial charge in [0.2, 0.25) is 0 Å². The topological polar surface area (TPSA) is 42.3 Å². The molecule has 0 saturated carbocycles. The second-order valence-electron chi connectivity index (χ2n) is 4.56. The Labute approximate surface area is 102 Å². The molecular formula is C13H18N4. The molecule has 4 heteroatoms. The smallest absolute Gasteiger partial charge is 0.0992 e. The zero-order valence-corrected chi connectivity index (χ0v) is 10.4. The van der Waals surface area contributed by atoms with Gasteiger partial charge >= 0.3 is 0 Å². The Morgan fingerprint density at radius 3 is 3.00 bits per heavy atom. The van der Waals surface area contributed by atoms with Crippen molar-refractivity contribution in [3.05, 3.63) is 23.8 Å². The first-order valence-corrected chi connectivity index (χ1v) is 5.88. The molecule has 0 radical (unpaired) electrons. The maximum atomic E-state index is 8.95. The van der Waals surface area contributed by atoms with Crippen LogP contribution in [0.2, 0.25) is 0 Å². The Morgan fingerprint density at radius 1 is 1.47 bits per heavy atom. The van der Waals surface area contributed by atoms with Crippen molar-refractivity contribution in [3.63, 3.8) is 0 Å². The van der Waals surface area contributed by atoms with Gasteiger partial charge < -0.3 is 15.1 Å². The number of nitrogens with one attached hydrogen (secondary N) is 1. The van der Waals surface area contributed by atoms with E-state index < -0.39 is 0 Å². The number of anilines is 2. The molecule has 1 heterocycles. The molecule has 0 bridgehead atoms. The highest BCUT2D eigenvalue weighted by Gasteiger charge is 2.16. The molecule has 1 aliphatic rings. The Kier molecular flexibility index (Phi) is 3.50. The summed E-state index contributed by atoms with van der Waals surface area (Å²) in [5.41, 5.74) is 3.01. The fraction of sp³-hybridized carbons (Fsp3) is 0.462. The average Bonchev–Trinajstić information content (AvgIpc) is 2.35. The van der Waals surface area contributed by atoms with E-state index in [0.717, 1.165) is 43.1 Å². The molecule has 1 aliphatic heterocycles. The van der Waals surface area contributed by atoms with Crippen molar-refractivity contribution < 1.29 is 0 Å². The Bertz CT molecular complexity index is 434. The van der Waals surface area contributed by atoms with Gasteiger partial charge in [0.15, 0.2) is 0 Å². The highest BCUT2D eigenvalue weighted by Crippen LogP contribution is 2.29. The van der Waals surface area contributed by atoms with E-state index >= 15 is 0 Å². The summed E-state index contributed by atoms with van der Waals surface area (Å²) >= 11 is 0. The SMILES string of the molecule is CN(C)CCN1CCNc2ccc(C#N)cc21. The highest BCUT2D eigenvalue weighted by atomic mass is 15.2. The van der Waals surface area contributed by atoms with Gasteiger partial charge in [-0.3, -0.25) is 0 Å². The van der Waals surface area contributed by atoms with E-state index in [4.69, 9.17) is 5.26 Å². The van der Waals surface area contributed by atoms with Gasteiger partial charge in [0, 0.05) is 26.2 Å². The van der Waals surface area contributed by atoms with Crippen LogP contribution < -0.4 is 10.2 Å². The lowest BCUT2D eigenvalue weighted by atomic mass is 10.1. The van der Waals surface area contributed by atoms with Crippen molar-refractivity contribution in [3.8, 4) is 6.07 Å². The first kappa shape index (κ1) is 11.7. The molecule has 1 aromatic carbocycles. The molecule has 1 aromatic rings. The van der Waals surface area contributed by atoms with Gasteiger partial charge in [-0.2, -0.15) is 5.26 Å². The minimum Gasteiger partial charge on any atom is -0.382 e. The van der Waals surface area contributed by atoms with E-state index in [1.54, 1.807) is 0 Å². The summed E-state index contributed by atoms with van der Waals surface area (Å²) in [6.07, 6.45) is 0. The first-order valence-electron chi connectivity index (χ1n) is 5.88. The van der Waals surface area contributed by atoms with Crippen LogP contribution in [0.15, 0.2) is 18.2 Å². The van der Waals surface area contributed by atoms with Crippen LogP contribution in [0, 0.1) is 11.3 Å². The molecule has 4 nitrogen and oxygen atoms in total. The van der Waals surface area contributed by atoms with Crippen LogP contribution in [-0.4, -0.2) is 45.2 Å². The van der Waals surface area contributed by atoms with Crippen LogP contribution in [0.1, 0.15) is 5.56 Å². The maximum absolute atomic E-state index is 8.95. The predicted octanol–water partition coefficient (Wildman–Crippen LogP) is 1.35. The lowest BCUT2D eigenvalue weighted by Crippen LogP contribution is -2.38. The maximum Gasteiger partial charge on any atom is 0.0992 e. The fourth-order valence-electron chi connectivity index (χ4n) is 2.01. The number of rotatable bonds is 3. The van der Waals surface area contributed by atoms with Gasteiger partial charge in [-0.25, -0.2) is 0 Å². The lowest BCUT2D eigenvalue weighted by Gasteiger charge is -2.33. The van der Waals surface area contributed by atoms with Crippen molar-refractivity contribution in [2.45, 2.75) is 0 Å². The number of likely N-dealkylation sites (N-methyl/N-ethyl adjacent to an activating group) is 1. The van der Waals surface area contributed by atoms with E-state index in [1.807, 2.05) is 18.2 Å². The van der Waals surface area contributed by atoms with Crippen molar-refractivity contribution in [1.82, 2.24) is 4.90 Å². The molecule has 0 aromatic heterocycles. The lowest BCUT2D eigenvalue weighted by molar-refractivity contribution is 0.413. The van der Waals surface area contributed by atoms with E-state index in [0.29, 0.717) is 0 Å². The van der Waals surface area contributed by atoms with Gasteiger partial charge in [-0.05, 0) is 32.3 Å². The minimum absolute atomic E-state index is 0.724. The third-order valence-electron chi connectivity index (χ3n) is 2.98. The average molecular weight is 230 g/mol. The van der Waals surface area contributed by atoms with E-state index in [1.165, 1.54) is 0 Å². The van der Waals surface area contributed by atoms with Crippen molar-refractivity contribution in [1.29, 1.82) is 5.26 Å². The van der Waals surface area contributed by atoms with Crippen LogP contribution in [0.5, 0.6) is 0 Å². The summed E-state index contributed by atoms with van der Waals surface area (Å²) in [7, 11) is 4.16. The largest absolute Gasteiger partial charge is 0.382 e. The normalized spacial score (nSPS) is 14.1. The van der Waals surface area contributed by atoms with Crippen LogP contribution in [0.3, 0.4) is 0 Å². The number of benzene rings is 1. The van der Waals surface area contributed by atoms with Crippen molar-refractivity contribution >= 4 is 11.4 Å². The first-order chi connectivity index (χ1) is 8.20. The molecule has 90 valence electrons. The Balaban J connectivity index is 2.20. The molecule has 0 fully saturated rings. The molecule has 0 unspecified atom stereocenters. The molecule has 0 aliphatic carbocycles. The number of nitriles is 1. The summed E-state index contributed by atoms with van der Waals surface area (Å²) in [6, 6.07) is 8.03. The molecule has 2 rings (SSSR count).